The molecule has 2 heterocycles. The average Bonchev–Trinajstić information content (AvgIpc) is 2.42. The summed E-state index contributed by atoms with van der Waals surface area (Å²) >= 11 is 5.53. The Morgan fingerprint density at radius 2 is 2.43 bits per heavy atom. The molecule has 2 aromatic heterocycles. The van der Waals surface area contributed by atoms with Crippen molar-refractivity contribution in [2.45, 2.75) is 6.92 Å². The SMILES string of the molecule is Cc1cn(SF)c2nc(Cl)[nH]c(=O)c12. The summed E-state index contributed by atoms with van der Waals surface area (Å²) in [6.07, 6.45) is 1.49. The minimum Gasteiger partial charge on any atom is -0.296 e. The number of hydrogen-bond acceptors (Lipinski definition) is 3. The van der Waals surface area contributed by atoms with E-state index in [9.17, 15) is 8.68 Å². The molecular formula is C7H5ClFN3OS. The second-order valence-electron chi connectivity index (χ2n) is 2.76. The maximum atomic E-state index is 12.4. The summed E-state index contributed by atoms with van der Waals surface area (Å²) in [6, 6.07) is 0. The molecule has 4 nitrogen and oxygen atoms in total. The quantitative estimate of drug-likeness (QED) is 0.768. The van der Waals surface area contributed by atoms with Crippen molar-refractivity contribution in [3.8, 4) is 0 Å². The molecule has 0 aliphatic heterocycles. The predicted molar refractivity (Wildman–Crippen MR) is 54.2 cm³/mol. The lowest BCUT2D eigenvalue weighted by atomic mass is 10.3. The molecule has 0 radical (unpaired) electrons. The molecular weight excluding hydrogens is 229 g/mol. The summed E-state index contributed by atoms with van der Waals surface area (Å²) < 4.78 is 13.6. The third-order valence-corrected chi connectivity index (χ3v) is 2.47. The van der Waals surface area contributed by atoms with Gasteiger partial charge in [-0.05, 0) is 24.1 Å². The number of nitrogens with one attached hydrogen (secondary N) is 1. The second kappa shape index (κ2) is 3.29. The molecule has 0 aromatic carbocycles. The second-order valence-corrected chi connectivity index (χ2v) is 3.65. The van der Waals surface area contributed by atoms with E-state index in [-0.39, 0.29) is 28.8 Å². The first-order chi connectivity index (χ1) is 6.63. The Morgan fingerprint density at radius 1 is 1.71 bits per heavy atom. The molecule has 0 spiro atoms. The van der Waals surface area contributed by atoms with Gasteiger partial charge in [-0.25, -0.2) is 8.96 Å². The maximum absolute atomic E-state index is 12.4. The van der Waals surface area contributed by atoms with Crippen molar-refractivity contribution >= 4 is 35.0 Å². The highest BCUT2D eigenvalue weighted by molar-refractivity contribution is 7.92. The molecule has 0 atom stereocenters. The van der Waals surface area contributed by atoms with Crippen LogP contribution in [0.25, 0.3) is 11.0 Å². The summed E-state index contributed by atoms with van der Waals surface area (Å²) in [4.78, 5) is 17.6. The molecule has 0 aliphatic carbocycles. The van der Waals surface area contributed by atoms with E-state index < -0.39 is 0 Å². The van der Waals surface area contributed by atoms with Crippen LogP contribution in [0, 0.1) is 6.92 Å². The molecule has 2 aromatic rings. The van der Waals surface area contributed by atoms with Gasteiger partial charge in [-0.2, -0.15) is 0 Å². The van der Waals surface area contributed by atoms with Crippen LogP contribution in [0.3, 0.4) is 0 Å². The monoisotopic (exact) mass is 233 g/mol. The summed E-state index contributed by atoms with van der Waals surface area (Å²) in [6.45, 7) is 1.71. The van der Waals surface area contributed by atoms with Gasteiger partial charge >= 0.3 is 0 Å². The van der Waals surface area contributed by atoms with Crippen LogP contribution >= 0.6 is 23.9 Å². The zero-order valence-corrected chi connectivity index (χ0v) is 8.62. The third kappa shape index (κ3) is 1.31. The van der Waals surface area contributed by atoms with Gasteiger partial charge in [-0.1, -0.05) is 0 Å². The topological polar surface area (TPSA) is 50.7 Å². The van der Waals surface area contributed by atoms with E-state index in [1.54, 1.807) is 6.92 Å². The molecule has 7 heteroatoms. The van der Waals surface area contributed by atoms with Crippen LogP contribution in [0.1, 0.15) is 5.56 Å². The Labute approximate surface area is 87.5 Å². The number of aromatic nitrogens is 3. The fourth-order valence-corrected chi connectivity index (χ4v) is 1.86. The summed E-state index contributed by atoms with van der Waals surface area (Å²) in [5.41, 5.74) is 0.546. The van der Waals surface area contributed by atoms with Gasteiger partial charge in [0, 0.05) is 6.20 Å². The van der Waals surface area contributed by atoms with Crippen LogP contribution in [-0.2, 0) is 0 Å². The predicted octanol–water partition coefficient (Wildman–Crippen LogP) is 2.07. The zero-order valence-electron chi connectivity index (χ0n) is 7.04. The Kier molecular flexibility index (Phi) is 2.24. The van der Waals surface area contributed by atoms with E-state index in [4.69, 9.17) is 11.6 Å². The molecule has 2 rings (SSSR count). The average molecular weight is 234 g/mol. The van der Waals surface area contributed by atoms with E-state index in [0.29, 0.717) is 10.9 Å². The van der Waals surface area contributed by atoms with Gasteiger partial charge in [-0.3, -0.25) is 9.78 Å². The van der Waals surface area contributed by atoms with Crippen molar-refractivity contribution in [3.63, 3.8) is 0 Å². The number of aromatic amines is 1. The lowest BCUT2D eigenvalue weighted by molar-refractivity contribution is 0.918. The molecule has 0 amide bonds. The normalized spacial score (nSPS) is 11.1. The Morgan fingerprint density at radius 3 is 3.07 bits per heavy atom. The number of nitrogens with zero attached hydrogens (tertiary/aromatic N) is 2. The highest BCUT2D eigenvalue weighted by Gasteiger charge is 2.11. The summed E-state index contributed by atoms with van der Waals surface area (Å²) in [5, 5.41) is 0.315. The van der Waals surface area contributed by atoms with Crippen molar-refractivity contribution < 1.29 is 3.89 Å². The molecule has 0 unspecified atom stereocenters. The smallest absolute Gasteiger partial charge is 0.261 e. The van der Waals surface area contributed by atoms with Crippen LogP contribution in [0.4, 0.5) is 3.89 Å². The molecule has 0 saturated carbocycles. The minimum atomic E-state index is -0.356. The van der Waals surface area contributed by atoms with Crippen LogP contribution in [0.2, 0.25) is 5.28 Å². The first kappa shape index (κ1) is 9.54. The van der Waals surface area contributed by atoms with Crippen molar-refractivity contribution in [1.82, 2.24) is 13.9 Å². The Bertz CT molecular complexity index is 550. The van der Waals surface area contributed by atoms with Crippen molar-refractivity contribution in [1.29, 1.82) is 0 Å². The molecule has 74 valence electrons. The van der Waals surface area contributed by atoms with Gasteiger partial charge in [0.05, 0.1) is 5.39 Å². The number of halogens is 2. The summed E-state index contributed by atoms with van der Waals surface area (Å²) in [7, 11) is 0. The number of fused-ring (bicyclic) bond motifs is 1. The van der Waals surface area contributed by atoms with Gasteiger partial charge in [0.2, 0.25) is 5.28 Å². The molecule has 0 saturated heterocycles. The standard InChI is InChI=1S/C7H5ClFN3OS/c1-3-2-12(14-9)5-4(3)6(13)11-7(8)10-5/h2H,1H3,(H,10,11,13). The lowest BCUT2D eigenvalue weighted by Crippen LogP contribution is -2.08. The van der Waals surface area contributed by atoms with Crippen LogP contribution in [-0.4, -0.2) is 13.9 Å². The van der Waals surface area contributed by atoms with Gasteiger partial charge < -0.3 is 0 Å². The maximum Gasteiger partial charge on any atom is 0.261 e. The number of H-pyrrole nitrogens is 1. The third-order valence-electron chi connectivity index (χ3n) is 1.86. The number of aryl methyl sites for hydroxylation is 1. The molecule has 1 N–H and O–H groups in total. The fourth-order valence-electron chi connectivity index (χ4n) is 1.30. The van der Waals surface area contributed by atoms with Gasteiger partial charge in [-0.15, -0.1) is 3.89 Å². The molecule has 0 bridgehead atoms. The first-order valence-electron chi connectivity index (χ1n) is 3.70. The van der Waals surface area contributed by atoms with Crippen LogP contribution in [0.15, 0.2) is 11.0 Å². The van der Waals surface area contributed by atoms with Crippen molar-refractivity contribution in [2.24, 2.45) is 0 Å². The molecule has 14 heavy (non-hydrogen) atoms. The lowest BCUT2D eigenvalue weighted by Gasteiger charge is -1.94. The molecule has 0 fully saturated rings. The van der Waals surface area contributed by atoms with Crippen LogP contribution < -0.4 is 5.56 Å². The van der Waals surface area contributed by atoms with Gasteiger partial charge in [0.1, 0.15) is 0 Å². The first-order valence-corrected chi connectivity index (χ1v) is 4.75. The zero-order chi connectivity index (χ0) is 10.3. The van der Waals surface area contributed by atoms with Gasteiger partial charge in [0.15, 0.2) is 18.0 Å². The highest BCUT2D eigenvalue weighted by Crippen LogP contribution is 2.21. The van der Waals surface area contributed by atoms with Crippen molar-refractivity contribution in [3.05, 3.63) is 27.4 Å². The van der Waals surface area contributed by atoms with E-state index in [2.05, 4.69) is 9.97 Å². The van der Waals surface area contributed by atoms with Gasteiger partial charge in [0.25, 0.3) is 5.56 Å². The van der Waals surface area contributed by atoms with E-state index >= 15 is 0 Å². The van der Waals surface area contributed by atoms with Crippen LogP contribution in [0.5, 0.6) is 0 Å². The largest absolute Gasteiger partial charge is 0.296 e. The van der Waals surface area contributed by atoms with Crippen molar-refractivity contribution in [2.75, 3.05) is 0 Å². The van der Waals surface area contributed by atoms with E-state index in [1.165, 1.54) is 6.20 Å². The Balaban J connectivity index is 2.96. The fraction of sp³-hybridized carbons (Fsp3) is 0.143. The summed E-state index contributed by atoms with van der Waals surface area (Å²) in [5.74, 6) is 0. The van der Waals surface area contributed by atoms with E-state index in [0.717, 1.165) is 3.97 Å². The van der Waals surface area contributed by atoms with E-state index in [1.807, 2.05) is 0 Å². The molecule has 0 aliphatic rings. The number of rotatable bonds is 1. The Hall–Kier alpha value is -1.01. The minimum absolute atomic E-state index is 0.0207. The highest BCUT2D eigenvalue weighted by atomic mass is 35.5. The number of hydrogen-bond donors (Lipinski definition) is 1.